The van der Waals surface area contributed by atoms with Crippen LogP contribution in [0.5, 0.6) is 11.5 Å². The van der Waals surface area contributed by atoms with Gasteiger partial charge in [-0.15, -0.1) is 0 Å². The zero-order valence-corrected chi connectivity index (χ0v) is 14.5. The summed E-state index contributed by atoms with van der Waals surface area (Å²) in [6.45, 7) is 0. The van der Waals surface area contributed by atoms with Crippen molar-refractivity contribution in [1.29, 1.82) is 0 Å². The van der Waals surface area contributed by atoms with E-state index in [2.05, 4.69) is 0 Å². The molecule has 0 heterocycles. The summed E-state index contributed by atoms with van der Waals surface area (Å²) in [6, 6.07) is 17.8. The van der Waals surface area contributed by atoms with Crippen LogP contribution in [0.2, 0.25) is 0 Å². The van der Waals surface area contributed by atoms with Crippen LogP contribution in [0.3, 0.4) is 0 Å². The van der Waals surface area contributed by atoms with E-state index in [1.165, 1.54) is 0 Å². The van der Waals surface area contributed by atoms with Crippen LogP contribution in [-0.2, 0) is 4.57 Å². The van der Waals surface area contributed by atoms with Gasteiger partial charge in [-0.25, -0.2) is 4.57 Å². The average molecular weight is 346 g/mol. The highest BCUT2D eigenvalue weighted by atomic mass is 31.2. The molecule has 0 spiro atoms. The van der Waals surface area contributed by atoms with Gasteiger partial charge in [-0.3, -0.25) is 0 Å². The lowest BCUT2D eigenvalue weighted by Gasteiger charge is -2.31. The van der Waals surface area contributed by atoms with E-state index in [-0.39, 0.29) is 5.92 Å². The fourth-order valence-corrected chi connectivity index (χ4v) is 4.97. The second-order valence-electron chi connectivity index (χ2n) is 6.16. The van der Waals surface area contributed by atoms with Crippen molar-refractivity contribution in [2.24, 2.45) is 5.92 Å². The summed E-state index contributed by atoms with van der Waals surface area (Å²) in [5.41, 5.74) is 0. The van der Waals surface area contributed by atoms with E-state index in [1.54, 1.807) is 48.5 Å². The van der Waals surface area contributed by atoms with E-state index in [0.29, 0.717) is 11.5 Å². The van der Waals surface area contributed by atoms with Crippen molar-refractivity contribution >= 4 is 7.60 Å². The molecular weight excluding hydrogens is 323 g/mol. The highest BCUT2D eigenvalue weighted by Crippen LogP contribution is 2.55. The summed E-state index contributed by atoms with van der Waals surface area (Å²) >= 11 is 0. The molecule has 3 rings (SSSR count). The molecule has 1 atom stereocenters. The van der Waals surface area contributed by atoms with Gasteiger partial charge < -0.3 is 14.2 Å². The molecule has 0 unspecified atom stereocenters. The third-order valence-electron chi connectivity index (χ3n) is 4.35. The Morgan fingerprint density at radius 1 is 0.833 bits per heavy atom. The van der Waals surface area contributed by atoms with Gasteiger partial charge in [-0.2, -0.15) is 0 Å². The zero-order valence-electron chi connectivity index (χ0n) is 13.6. The number of aliphatic hydroxyl groups is 1. The van der Waals surface area contributed by atoms with Gasteiger partial charge in [0.05, 0.1) is 0 Å². The van der Waals surface area contributed by atoms with Crippen molar-refractivity contribution in [2.75, 3.05) is 0 Å². The van der Waals surface area contributed by atoms with Crippen LogP contribution < -0.4 is 9.05 Å². The Kier molecular flexibility index (Phi) is 5.60. The van der Waals surface area contributed by atoms with E-state index in [1.807, 2.05) is 12.1 Å². The zero-order chi connectivity index (χ0) is 16.8. The molecule has 0 aliphatic heterocycles. The van der Waals surface area contributed by atoms with Crippen molar-refractivity contribution in [2.45, 2.75) is 37.9 Å². The maximum atomic E-state index is 13.5. The third-order valence-corrected chi connectivity index (χ3v) is 6.35. The van der Waals surface area contributed by atoms with Crippen molar-refractivity contribution in [3.05, 3.63) is 60.7 Å². The second-order valence-corrected chi connectivity index (χ2v) is 8.13. The minimum Gasteiger partial charge on any atom is -0.414 e. The number of para-hydroxylation sites is 2. The van der Waals surface area contributed by atoms with Gasteiger partial charge in [-0.05, 0) is 43.0 Å². The molecule has 1 aliphatic rings. The summed E-state index contributed by atoms with van der Waals surface area (Å²) in [4.78, 5) is 0. The smallest absolute Gasteiger partial charge is 0.414 e. The lowest BCUT2D eigenvalue weighted by atomic mass is 9.90. The summed E-state index contributed by atoms with van der Waals surface area (Å²) in [5, 5.41) is 10.8. The first-order valence-electron chi connectivity index (χ1n) is 8.44. The van der Waals surface area contributed by atoms with Gasteiger partial charge in [0, 0.05) is 0 Å². The van der Waals surface area contributed by atoms with Crippen LogP contribution >= 0.6 is 7.60 Å². The van der Waals surface area contributed by atoms with Crippen LogP contribution in [0.4, 0.5) is 0 Å². The first-order chi connectivity index (χ1) is 11.7. The standard InChI is InChI=1S/C19H23O4P/c20-19(16-10-4-1-5-11-16)24(21,22-17-12-6-2-7-13-17)23-18-14-8-3-9-15-18/h2-3,6-9,12-16,19-20H,1,4-5,10-11H2/t19-/m0/s1. The van der Waals surface area contributed by atoms with Crippen LogP contribution in [0, 0.1) is 5.92 Å². The average Bonchev–Trinajstić information content (AvgIpc) is 2.63. The Labute approximate surface area is 143 Å². The van der Waals surface area contributed by atoms with Gasteiger partial charge >= 0.3 is 7.60 Å². The molecule has 1 saturated carbocycles. The predicted molar refractivity (Wildman–Crippen MR) is 94.3 cm³/mol. The highest BCUT2D eigenvalue weighted by molar-refractivity contribution is 7.55. The number of aliphatic hydroxyl groups excluding tert-OH is 1. The topological polar surface area (TPSA) is 55.8 Å². The molecule has 0 aromatic heterocycles. The number of hydrogen-bond acceptors (Lipinski definition) is 4. The fraction of sp³-hybridized carbons (Fsp3) is 0.368. The molecule has 1 N–H and O–H groups in total. The molecule has 0 bridgehead atoms. The normalized spacial score (nSPS) is 17.2. The first-order valence-corrected chi connectivity index (χ1v) is 10.1. The Balaban J connectivity index is 1.85. The van der Waals surface area contributed by atoms with Gasteiger partial charge in [-0.1, -0.05) is 55.7 Å². The molecule has 128 valence electrons. The molecule has 0 radical (unpaired) electrons. The van der Waals surface area contributed by atoms with E-state index in [9.17, 15) is 9.67 Å². The van der Waals surface area contributed by atoms with Crippen LogP contribution in [0.1, 0.15) is 32.1 Å². The number of benzene rings is 2. The second kappa shape index (κ2) is 7.87. The van der Waals surface area contributed by atoms with Crippen LogP contribution in [-0.4, -0.2) is 11.0 Å². The molecular formula is C19H23O4P. The van der Waals surface area contributed by atoms with Gasteiger partial charge in [0.15, 0.2) is 5.85 Å². The Bertz CT molecular complexity index is 623. The summed E-state index contributed by atoms with van der Waals surface area (Å²) in [6.07, 6.45) is 4.94. The predicted octanol–water partition coefficient (Wildman–Crippen LogP) is 5.24. The molecule has 2 aromatic rings. The van der Waals surface area contributed by atoms with Crippen LogP contribution in [0.25, 0.3) is 0 Å². The summed E-state index contributed by atoms with van der Waals surface area (Å²) in [5.74, 6) is -0.312. The Morgan fingerprint density at radius 3 is 1.75 bits per heavy atom. The maximum Gasteiger partial charge on any atom is 0.459 e. The molecule has 24 heavy (non-hydrogen) atoms. The Morgan fingerprint density at radius 2 is 1.29 bits per heavy atom. The molecule has 1 aliphatic carbocycles. The van der Waals surface area contributed by atoms with E-state index in [4.69, 9.17) is 9.05 Å². The monoisotopic (exact) mass is 346 g/mol. The fourth-order valence-electron chi connectivity index (χ4n) is 3.07. The first kappa shape index (κ1) is 17.1. The van der Waals surface area contributed by atoms with Gasteiger partial charge in [0.2, 0.25) is 0 Å². The Hall–Kier alpha value is -1.77. The highest BCUT2D eigenvalue weighted by Gasteiger charge is 2.43. The molecule has 0 amide bonds. The number of rotatable bonds is 6. The van der Waals surface area contributed by atoms with Gasteiger partial charge in [0.25, 0.3) is 0 Å². The molecule has 2 aromatic carbocycles. The summed E-state index contributed by atoms with van der Waals surface area (Å²) in [7, 11) is -3.77. The van der Waals surface area contributed by atoms with Crippen molar-refractivity contribution < 1.29 is 18.7 Å². The van der Waals surface area contributed by atoms with Crippen molar-refractivity contribution in [1.82, 2.24) is 0 Å². The lowest BCUT2D eigenvalue weighted by Crippen LogP contribution is -2.27. The lowest BCUT2D eigenvalue weighted by molar-refractivity contribution is 0.125. The maximum absolute atomic E-state index is 13.5. The SMILES string of the molecule is O=P(Oc1ccccc1)(Oc1ccccc1)[C@H](O)C1CCCCC1. The quantitative estimate of drug-likeness (QED) is 0.727. The number of hydrogen-bond donors (Lipinski definition) is 1. The third kappa shape index (κ3) is 4.19. The van der Waals surface area contributed by atoms with E-state index < -0.39 is 13.4 Å². The van der Waals surface area contributed by atoms with Crippen LogP contribution in [0.15, 0.2) is 60.7 Å². The van der Waals surface area contributed by atoms with E-state index >= 15 is 0 Å². The van der Waals surface area contributed by atoms with E-state index in [0.717, 1.165) is 32.1 Å². The van der Waals surface area contributed by atoms with Gasteiger partial charge in [0.1, 0.15) is 11.5 Å². The van der Waals surface area contributed by atoms with Crippen molar-refractivity contribution in [3.8, 4) is 11.5 Å². The molecule has 5 heteroatoms. The minimum atomic E-state index is -3.77. The molecule has 1 fully saturated rings. The summed E-state index contributed by atoms with van der Waals surface area (Å²) < 4.78 is 24.9. The molecule has 0 saturated heterocycles. The largest absolute Gasteiger partial charge is 0.459 e. The molecule has 4 nitrogen and oxygen atoms in total. The minimum absolute atomic E-state index is 0.0583. The van der Waals surface area contributed by atoms with Crippen molar-refractivity contribution in [3.63, 3.8) is 0 Å².